The molecule has 4 rings (SSSR count). The standard InChI is InChI=1S/C18H15N3O3S/c1-23-14-7-11-13(8-15(14)24-2)20-17(21-18(11)22)6-10-5-16-12(19-9-10)3-4-25-16/h3-5,7-9H,6H2,1-2H3,(H,20,21,22). The quantitative estimate of drug-likeness (QED) is 0.610. The summed E-state index contributed by atoms with van der Waals surface area (Å²) in [7, 11) is 3.09. The SMILES string of the molecule is COc1cc2nc(Cc3cnc4ccsc4c3)[nH]c(=O)c2cc1OC. The van der Waals surface area contributed by atoms with Gasteiger partial charge in [-0.2, -0.15) is 0 Å². The van der Waals surface area contributed by atoms with Gasteiger partial charge in [0.1, 0.15) is 5.82 Å². The molecule has 0 saturated heterocycles. The number of hydrogen-bond donors (Lipinski definition) is 1. The number of pyridine rings is 1. The number of methoxy groups -OCH3 is 2. The fourth-order valence-electron chi connectivity index (χ4n) is 2.78. The van der Waals surface area contributed by atoms with Crippen LogP contribution in [0.15, 0.2) is 40.6 Å². The lowest BCUT2D eigenvalue weighted by Crippen LogP contribution is -2.12. The Morgan fingerprint density at radius 3 is 2.72 bits per heavy atom. The van der Waals surface area contributed by atoms with Crippen LogP contribution in [0.5, 0.6) is 11.5 Å². The molecule has 0 bridgehead atoms. The van der Waals surface area contributed by atoms with E-state index in [0.717, 1.165) is 15.8 Å². The highest BCUT2D eigenvalue weighted by molar-refractivity contribution is 7.17. The Kier molecular flexibility index (Phi) is 3.85. The first kappa shape index (κ1) is 15.6. The number of H-pyrrole nitrogens is 1. The molecule has 0 amide bonds. The number of nitrogens with zero attached hydrogens (tertiary/aromatic N) is 2. The highest BCUT2D eigenvalue weighted by atomic mass is 32.1. The van der Waals surface area contributed by atoms with Crippen LogP contribution in [0, 0.1) is 0 Å². The van der Waals surface area contributed by atoms with Crippen LogP contribution >= 0.6 is 11.3 Å². The van der Waals surface area contributed by atoms with Crippen molar-refractivity contribution in [1.82, 2.24) is 15.0 Å². The van der Waals surface area contributed by atoms with E-state index >= 15 is 0 Å². The normalized spacial score (nSPS) is 11.1. The van der Waals surface area contributed by atoms with Crippen LogP contribution in [0.2, 0.25) is 0 Å². The Balaban J connectivity index is 1.78. The van der Waals surface area contributed by atoms with Crippen molar-refractivity contribution in [3.63, 3.8) is 0 Å². The summed E-state index contributed by atoms with van der Waals surface area (Å²) in [4.78, 5) is 24.3. The average Bonchev–Trinajstić information content (AvgIpc) is 3.08. The number of hydrogen-bond acceptors (Lipinski definition) is 6. The maximum Gasteiger partial charge on any atom is 0.258 e. The van der Waals surface area contributed by atoms with Crippen molar-refractivity contribution in [3.05, 3.63) is 57.6 Å². The minimum atomic E-state index is -0.203. The van der Waals surface area contributed by atoms with Crippen molar-refractivity contribution in [2.75, 3.05) is 14.2 Å². The third-order valence-corrected chi connectivity index (χ3v) is 4.84. The molecule has 0 spiro atoms. The monoisotopic (exact) mass is 353 g/mol. The zero-order chi connectivity index (χ0) is 17.4. The predicted octanol–water partition coefficient (Wildman–Crippen LogP) is 3.14. The van der Waals surface area contributed by atoms with Crippen LogP contribution in [0.3, 0.4) is 0 Å². The topological polar surface area (TPSA) is 77.1 Å². The van der Waals surface area contributed by atoms with Gasteiger partial charge in [-0.15, -0.1) is 11.3 Å². The van der Waals surface area contributed by atoms with Crippen LogP contribution in [-0.2, 0) is 6.42 Å². The molecule has 0 fully saturated rings. The van der Waals surface area contributed by atoms with Crippen LogP contribution in [0.1, 0.15) is 11.4 Å². The zero-order valence-corrected chi connectivity index (χ0v) is 14.5. The Morgan fingerprint density at radius 1 is 1.12 bits per heavy atom. The molecular formula is C18H15N3O3S. The summed E-state index contributed by atoms with van der Waals surface area (Å²) in [6, 6.07) is 7.42. The third-order valence-electron chi connectivity index (χ3n) is 3.99. The van der Waals surface area contributed by atoms with E-state index in [0.29, 0.717) is 34.6 Å². The lowest BCUT2D eigenvalue weighted by Gasteiger charge is -2.09. The van der Waals surface area contributed by atoms with Crippen LogP contribution in [0.4, 0.5) is 0 Å². The molecule has 0 saturated carbocycles. The summed E-state index contributed by atoms with van der Waals surface area (Å²) < 4.78 is 11.7. The number of aromatic nitrogens is 3. The Labute approximate surface area is 147 Å². The second-order valence-electron chi connectivity index (χ2n) is 5.56. The van der Waals surface area contributed by atoms with E-state index in [4.69, 9.17) is 9.47 Å². The molecule has 0 aliphatic heterocycles. The van der Waals surface area contributed by atoms with E-state index in [2.05, 4.69) is 21.0 Å². The fourth-order valence-corrected chi connectivity index (χ4v) is 3.58. The van der Waals surface area contributed by atoms with E-state index in [-0.39, 0.29) is 5.56 Å². The Morgan fingerprint density at radius 2 is 1.92 bits per heavy atom. The number of benzene rings is 1. The zero-order valence-electron chi connectivity index (χ0n) is 13.7. The molecule has 7 heteroatoms. The van der Waals surface area contributed by atoms with Gasteiger partial charge < -0.3 is 14.5 Å². The molecule has 0 radical (unpaired) electrons. The van der Waals surface area contributed by atoms with Crippen LogP contribution < -0.4 is 15.0 Å². The van der Waals surface area contributed by atoms with E-state index in [1.165, 1.54) is 7.11 Å². The molecule has 3 aromatic heterocycles. The van der Waals surface area contributed by atoms with E-state index in [9.17, 15) is 4.79 Å². The Hall–Kier alpha value is -2.93. The molecule has 0 aliphatic carbocycles. The van der Waals surface area contributed by atoms with Crippen molar-refractivity contribution in [1.29, 1.82) is 0 Å². The second-order valence-corrected chi connectivity index (χ2v) is 6.51. The number of rotatable bonds is 4. The molecule has 6 nitrogen and oxygen atoms in total. The van der Waals surface area contributed by atoms with Crippen molar-refractivity contribution in [2.24, 2.45) is 0 Å². The number of fused-ring (bicyclic) bond motifs is 2. The fraction of sp³-hybridized carbons (Fsp3) is 0.167. The van der Waals surface area contributed by atoms with Gasteiger partial charge in [0, 0.05) is 18.7 Å². The van der Waals surface area contributed by atoms with Gasteiger partial charge in [0.05, 0.1) is 35.3 Å². The summed E-state index contributed by atoms with van der Waals surface area (Å²) in [5.74, 6) is 1.63. The smallest absolute Gasteiger partial charge is 0.258 e. The van der Waals surface area contributed by atoms with E-state index < -0.39 is 0 Å². The van der Waals surface area contributed by atoms with Gasteiger partial charge in [0.2, 0.25) is 0 Å². The first-order chi connectivity index (χ1) is 12.2. The number of ether oxygens (including phenoxy) is 2. The minimum absolute atomic E-state index is 0.203. The summed E-state index contributed by atoms with van der Waals surface area (Å²) in [5.41, 5.74) is 2.34. The van der Waals surface area contributed by atoms with Crippen molar-refractivity contribution in [3.8, 4) is 11.5 Å². The van der Waals surface area contributed by atoms with E-state index in [1.807, 2.05) is 17.6 Å². The highest BCUT2D eigenvalue weighted by Gasteiger charge is 2.11. The van der Waals surface area contributed by atoms with Crippen LogP contribution in [-0.4, -0.2) is 29.2 Å². The molecule has 1 aromatic carbocycles. The van der Waals surface area contributed by atoms with Crippen molar-refractivity contribution in [2.45, 2.75) is 6.42 Å². The third kappa shape index (κ3) is 2.83. The van der Waals surface area contributed by atoms with Gasteiger partial charge in [0.15, 0.2) is 11.5 Å². The first-order valence-electron chi connectivity index (χ1n) is 7.65. The summed E-state index contributed by atoms with van der Waals surface area (Å²) in [6.45, 7) is 0. The number of aromatic amines is 1. The molecule has 3 heterocycles. The van der Waals surface area contributed by atoms with Gasteiger partial charge in [-0.3, -0.25) is 9.78 Å². The molecule has 0 atom stereocenters. The first-order valence-corrected chi connectivity index (χ1v) is 8.53. The van der Waals surface area contributed by atoms with Crippen LogP contribution in [0.25, 0.3) is 21.1 Å². The average molecular weight is 353 g/mol. The number of nitrogens with one attached hydrogen (secondary N) is 1. The maximum absolute atomic E-state index is 12.4. The van der Waals surface area contributed by atoms with Gasteiger partial charge in [0.25, 0.3) is 5.56 Å². The van der Waals surface area contributed by atoms with Gasteiger partial charge in [-0.25, -0.2) is 4.98 Å². The minimum Gasteiger partial charge on any atom is -0.493 e. The largest absolute Gasteiger partial charge is 0.493 e. The molecular weight excluding hydrogens is 338 g/mol. The second kappa shape index (κ2) is 6.18. The lowest BCUT2D eigenvalue weighted by atomic mass is 10.1. The molecule has 0 aliphatic rings. The molecule has 25 heavy (non-hydrogen) atoms. The molecule has 4 aromatic rings. The molecule has 126 valence electrons. The highest BCUT2D eigenvalue weighted by Crippen LogP contribution is 2.30. The summed E-state index contributed by atoms with van der Waals surface area (Å²) in [6.07, 6.45) is 2.31. The molecule has 0 unspecified atom stereocenters. The Bertz CT molecular complexity index is 1130. The van der Waals surface area contributed by atoms with Crippen molar-refractivity contribution >= 4 is 32.5 Å². The maximum atomic E-state index is 12.4. The summed E-state index contributed by atoms with van der Waals surface area (Å²) >= 11 is 1.64. The van der Waals surface area contributed by atoms with E-state index in [1.54, 1.807) is 30.6 Å². The molecule has 1 N–H and O–H groups in total. The van der Waals surface area contributed by atoms with Crippen molar-refractivity contribution < 1.29 is 9.47 Å². The predicted molar refractivity (Wildman–Crippen MR) is 97.9 cm³/mol. The summed E-state index contributed by atoms with van der Waals surface area (Å²) in [5, 5.41) is 2.48. The van der Waals surface area contributed by atoms with Gasteiger partial charge in [-0.05, 0) is 29.1 Å². The number of thiophene rings is 1. The van der Waals surface area contributed by atoms with Gasteiger partial charge >= 0.3 is 0 Å². The van der Waals surface area contributed by atoms with Gasteiger partial charge in [-0.1, -0.05) is 0 Å². The lowest BCUT2D eigenvalue weighted by molar-refractivity contribution is 0.355.